The van der Waals surface area contributed by atoms with Crippen molar-refractivity contribution in [2.24, 2.45) is 0 Å². The normalized spacial score (nSPS) is 16.1. The lowest BCUT2D eigenvalue weighted by molar-refractivity contribution is -0.129. The highest BCUT2D eigenvalue weighted by Crippen LogP contribution is 2.48. The van der Waals surface area contributed by atoms with Gasteiger partial charge in [0.1, 0.15) is 11.5 Å². The quantitative estimate of drug-likeness (QED) is 0.0774. The second-order valence-electron chi connectivity index (χ2n) is 14.8. The third kappa shape index (κ3) is 7.54. The van der Waals surface area contributed by atoms with Crippen LogP contribution in [0.4, 0.5) is 17.1 Å². The van der Waals surface area contributed by atoms with Crippen LogP contribution in [0.5, 0.6) is 11.5 Å². The predicted molar refractivity (Wildman–Crippen MR) is 218 cm³/mol. The SMILES string of the molecule is C=CC(=O)Oc1ccc(C2(c3ccc(N(c4ccc(C)cc4)c4ccc(C5(c6ccc(OC(=O)C=C)cc6)CCCCC5)cc4)cc3)CCCCC2)cc1. The lowest BCUT2D eigenvalue weighted by Gasteiger charge is -2.39. The minimum absolute atomic E-state index is 0.103. The molecule has 5 aromatic carbocycles. The van der Waals surface area contributed by atoms with Gasteiger partial charge in [0.25, 0.3) is 0 Å². The molecule has 0 unspecified atom stereocenters. The Bertz CT molecular complexity index is 1940. The molecule has 5 heteroatoms. The van der Waals surface area contributed by atoms with Crippen molar-refractivity contribution in [3.8, 4) is 11.5 Å². The molecule has 274 valence electrons. The lowest BCUT2D eigenvalue weighted by Crippen LogP contribution is -2.30. The summed E-state index contributed by atoms with van der Waals surface area (Å²) < 4.78 is 10.8. The second kappa shape index (κ2) is 16.1. The molecule has 0 spiro atoms. The Morgan fingerprint density at radius 3 is 1.09 bits per heavy atom. The van der Waals surface area contributed by atoms with E-state index >= 15 is 0 Å². The molecule has 0 bridgehead atoms. The highest BCUT2D eigenvalue weighted by Gasteiger charge is 2.37. The van der Waals surface area contributed by atoms with Crippen LogP contribution >= 0.6 is 0 Å². The number of ether oxygens (including phenoxy) is 2. The molecule has 0 aromatic heterocycles. The maximum atomic E-state index is 11.8. The fraction of sp³-hybridized carbons (Fsp3) is 0.265. The van der Waals surface area contributed by atoms with Crippen LogP contribution in [0.2, 0.25) is 0 Å². The monoisotopic (exact) mass is 715 g/mol. The van der Waals surface area contributed by atoms with E-state index in [4.69, 9.17) is 9.47 Å². The number of nitrogens with zero attached hydrogens (tertiary/aromatic N) is 1. The fourth-order valence-corrected chi connectivity index (χ4v) is 8.80. The Morgan fingerprint density at radius 2 is 0.778 bits per heavy atom. The van der Waals surface area contributed by atoms with E-state index in [1.165, 1.54) is 78.5 Å². The molecule has 0 aliphatic heterocycles. The summed E-state index contributed by atoms with van der Waals surface area (Å²) in [5.41, 5.74) is 9.45. The Labute approximate surface area is 320 Å². The van der Waals surface area contributed by atoms with Gasteiger partial charge in [-0.2, -0.15) is 0 Å². The number of aryl methyl sites for hydroxylation is 1. The molecule has 2 fully saturated rings. The first-order chi connectivity index (χ1) is 26.3. The van der Waals surface area contributed by atoms with Crippen LogP contribution in [0.1, 0.15) is 92.0 Å². The molecule has 2 saturated carbocycles. The van der Waals surface area contributed by atoms with Gasteiger partial charge in [-0.15, -0.1) is 0 Å². The Balaban J connectivity index is 1.22. The predicted octanol–water partition coefficient (Wildman–Crippen LogP) is 12.1. The van der Waals surface area contributed by atoms with Crippen LogP contribution in [0.25, 0.3) is 0 Å². The number of hydrogen-bond donors (Lipinski definition) is 0. The van der Waals surface area contributed by atoms with E-state index < -0.39 is 11.9 Å². The molecule has 2 aliphatic rings. The van der Waals surface area contributed by atoms with Gasteiger partial charge < -0.3 is 14.4 Å². The van der Waals surface area contributed by atoms with Crippen molar-refractivity contribution in [3.05, 3.63) is 174 Å². The van der Waals surface area contributed by atoms with Crippen molar-refractivity contribution in [1.29, 1.82) is 0 Å². The lowest BCUT2D eigenvalue weighted by atomic mass is 9.65. The van der Waals surface area contributed by atoms with E-state index in [1.807, 2.05) is 24.3 Å². The first kappa shape index (κ1) is 36.7. The maximum absolute atomic E-state index is 11.8. The molecule has 2 aliphatic carbocycles. The zero-order chi connectivity index (χ0) is 37.5. The van der Waals surface area contributed by atoms with Gasteiger partial charge in [-0.1, -0.05) is 118 Å². The minimum Gasteiger partial charge on any atom is -0.423 e. The second-order valence-corrected chi connectivity index (χ2v) is 14.8. The standard InChI is InChI=1S/C49H49NO4/c1-4-46(51)53-44-28-18-39(19-29-44)48(32-8-6-9-33-48)37-14-24-42(25-15-37)50(41-22-12-36(3)13-23-41)43-26-16-38(17-27-43)49(34-10-7-11-35-49)40-20-30-45(31-21-40)54-47(52)5-2/h4-5,12-31H,1-2,6-11,32-35H2,3H3. The third-order valence-corrected chi connectivity index (χ3v) is 11.6. The van der Waals surface area contributed by atoms with E-state index in [2.05, 4.69) is 122 Å². The Morgan fingerprint density at radius 1 is 0.481 bits per heavy atom. The van der Waals surface area contributed by atoms with E-state index in [-0.39, 0.29) is 10.8 Å². The van der Waals surface area contributed by atoms with Gasteiger partial charge in [0, 0.05) is 40.0 Å². The molecule has 5 aromatic rings. The number of hydrogen-bond acceptors (Lipinski definition) is 5. The highest BCUT2D eigenvalue weighted by molar-refractivity contribution is 5.84. The van der Waals surface area contributed by atoms with Gasteiger partial charge in [-0.05, 0) is 116 Å². The number of carbonyl (C=O) groups excluding carboxylic acids is 2. The average Bonchev–Trinajstić information content (AvgIpc) is 3.23. The number of carbonyl (C=O) groups is 2. The highest BCUT2D eigenvalue weighted by atomic mass is 16.5. The van der Waals surface area contributed by atoms with Crippen LogP contribution in [0.15, 0.2) is 147 Å². The summed E-state index contributed by atoms with van der Waals surface area (Å²) in [5.74, 6) is 0.158. The van der Waals surface area contributed by atoms with Crippen molar-refractivity contribution in [2.75, 3.05) is 4.90 Å². The van der Waals surface area contributed by atoms with E-state index in [9.17, 15) is 9.59 Å². The van der Waals surface area contributed by atoms with Crippen molar-refractivity contribution in [3.63, 3.8) is 0 Å². The van der Waals surface area contributed by atoms with E-state index in [1.54, 1.807) is 0 Å². The molecule has 0 radical (unpaired) electrons. The number of rotatable bonds is 11. The summed E-state index contributed by atoms with van der Waals surface area (Å²) in [7, 11) is 0. The first-order valence-corrected chi connectivity index (χ1v) is 19.3. The van der Waals surface area contributed by atoms with Crippen molar-refractivity contribution < 1.29 is 19.1 Å². The molecule has 5 nitrogen and oxygen atoms in total. The summed E-state index contributed by atoms with van der Waals surface area (Å²) in [6, 6.07) is 43.2. The molecule has 54 heavy (non-hydrogen) atoms. The first-order valence-electron chi connectivity index (χ1n) is 19.3. The van der Waals surface area contributed by atoms with Crippen molar-refractivity contribution in [2.45, 2.75) is 82.0 Å². The number of benzene rings is 5. The van der Waals surface area contributed by atoms with Crippen LogP contribution < -0.4 is 14.4 Å². The smallest absolute Gasteiger partial charge is 0.335 e. The number of anilines is 3. The van der Waals surface area contributed by atoms with Gasteiger partial charge >= 0.3 is 11.9 Å². The molecular formula is C49H49NO4. The summed E-state index contributed by atoms with van der Waals surface area (Å²) >= 11 is 0. The summed E-state index contributed by atoms with van der Waals surface area (Å²) in [5, 5.41) is 0. The third-order valence-electron chi connectivity index (χ3n) is 11.6. The van der Waals surface area contributed by atoms with Gasteiger partial charge in [-0.25, -0.2) is 9.59 Å². The fourth-order valence-electron chi connectivity index (χ4n) is 8.80. The Hall–Kier alpha value is -5.68. The maximum Gasteiger partial charge on any atom is 0.335 e. The van der Waals surface area contributed by atoms with Crippen LogP contribution in [-0.4, -0.2) is 11.9 Å². The largest absolute Gasteiger partial charge is 0.423 e. The van der Waals surface area contributed by atoms with Gasteiger partial charge in [-0.3, -0.25) is 0 Å². The zero-order valence-electron chi connectivity index (χ0n) is 31.3. The van der Waals surface area contributed by atoms with Gasteiger partial charge in [0.2, 0.25) is 0 Å². The summed E-state index contributed by atoms with van der Waals surface area (Å²) in [6.45, 7) is 9.16. The van der Waals surface area contributed by atoms with Crippen molar-refractivity contribution >= 4 is 29.0 Å². The molecule has 0 saturated heterocycles. The molecular weight excluding hydrogens is 667 g/mol. The molecule has 0 N–H and O–H groups in total. The van der Waals surface area contributed by atoms with Crippen LogP contribution in [0.3, 0.4) is 0 Å². The Kier molecular flexibility index (Phi) is 11.0. The number of esters is 2. The van der Waals surface area contributed by atoms with Crippen molar-refractivity contribution in [1.82, 2.24) is 0 Å². The summed E-state index contributed by atoms with van der Waals surface area (Å²) in [4.78, 5) is 26.0. The van der Waals surface area contributed by atoms with Gasteiger partial charge in [0.15, 0.2) is 0 Å². The molecule has 0 atom stereocenters. The minimum atomic E-state index is -0.452. The molecule has 7 rings (SSSR count). The zero-order valence-corrected chi connectivity index (χ0v) is 31.3. The van der Waals surface area contributed by atoms with Gasteiger partial charge in [0.05, 0.1) is 0 Å². The van der Waals surface area contributed by atoms with E-state index in [0.29, 0.717) is 11.5 Å². The van der Waals surface area contributed by atoms with Crippen LogP contribution in [-0.2, 0) is 20.4 Å². The van der Waals surface area contributed by atoms with Crippen LogP contribution in [0, 0.1) is 6.92 Å². The average molecular weight is 716 g/mol. The topological polar surface area (TPSA) is 55.8 Å². The molecule has 0 amide bonds. The molecule has 0 heterocycles. The summed E-state index contributed by atoms with van der Waals surface area (Å²) in [6.07, 6.45) is 13.8. The van der Waals surface area contributed by atoms with E-state index in [0.717, 1.165) is 42.7 Å².